The molecule has 28 heteroatoms. The van der Waals surface area contributed by atoms with Crippen molar-refractivity contribution in [3.63, 3.8) is 0 Å². The SMILES string of the molecule is C=S(C)(=O)c1cccc(Cn2cc(-c3cc(C4CCC(O)CC4)n4nc(N[C@@H](C)COC)ncc34)cn2)c1.COC[C@H](C)Nc1ncc2c(-c3cnn(C[C@@H]4CCO4)c3)cc(C3CCC(O)CC3)n2n1.COC[C@H](C)Nc1ncc2c(-c3cnn(C[C@H]4CCO4)c3)cc(C3CCC(O)CC3)n2n1. The Bertz CT molecular complexity index is 4340. The molecule has 0 spiro atoms. The number of anilines is 3. The van der Waals surface area contributed by atoms with Gasteiger partial charge in [-0.2, -0.15) is 15.3 Å². The van der Waals surface area contributed by atoms with Crippen molar-refractivity contribution in [1.82, 2.24) is 73.1 Å². The van der Waals surface area contributed by atoms with E-state index in [0.29, 0.717) is 62.0 Å². The van der Waals surface area contributed by atoms with Crippen molar-refractivity contribution in [1.29, 1.82) is 0 Å². The maximum absolute atomic E-state index is 12.4. The van der Waals surface area contributed by atoms with Crippen molar-refractivity contribution >= 4 is 49.8 Å². The fraction of sp³-hybridized carbons (Fsp3) is 0.541. The van der Waals surface area contributed by atoms with E-state index < -0.39 is 9.52 Å². The van der Waals surface area contributed by atoms with Crippen molar-refractivity contribution in [3.05, 3.63) is 121 Å². The number of ether oxygens (including phenoxy) is 5. The molecule has 10 aromatic rings. The van der Waals surface area contributed by atoms with Gasteiger partial charge < -0.3 is 55.0 Å². The highest BCUT2D eigenvalue weighted by Gasteiger charge is 2.31. The number of nitrogens with one attached hydrogen (secondary N) is 3. The fourth-order valence-corrected chi connectivity index (χ4v) is 15.4. The van der Waals surface area contributed by atoms with E-state index in [4.69, 9.17) is 39.0 Å². The van der Waals surface area contributed by atoms with Crippen molar-refractivity contribution < 1.29 is 43.2 Å². The number of methoxy groups -OCH3 is 3. The molecule has 2 saturated heterocycles. The zero-order valence-electron chi connectivity index (χ0n) is 59.8. The summed E-state index contributed by atoms with van der Waals surface area (Å²) in [6.45, 7) is 11.6. The normalized spacial score (nSPS) is 22.9. The summed E-state index contributed by atoms with van der Waals surface area (Å²) in [5, 5.41) is 68.3. The molecular weight excluding hydrogens is 1320 g/mol. The number of fused-ring (bicyclic) bond motifs is 3. The number of rotatable bonds is 25. The van der Waals surface area contributed by atoms with Crippen LogP contribution in [0.25, 0.3) is 49.9 Å². The van der Waals surface area contributed by atoms with E-state index in [1.165, 1.54) is 11.4 Å². The standard InChI is InChI=1S/C28H36N6O3S.2C23H32N6O3/c1-19(18-37-2)31-28-29-15-27-25(13-26(34(27)32-28)21-8-10-23(35)11-9-21)22-14-30-33(17-22)16-20-6-5-7-24(12-20)38(3,4)36;2*1-15(14-31-2)26-23-24-11-22-20(17-10-25-28(12-17)13-19-7-8-32-19)9-21(29(22)27-23)16-3-5-18(30)6-4-16/h5-7,12-15,17,19,21,23,35H,3,8-11,16,18H2,1-2,4H3,(H,31,32);2*9-12,15-16,18-19,30H,3-8,13-14H2,1-2H3,(H,26,27)/t19-,21?,23?,38?;15-,16?,18?,19+;15-,16?,18?,19-/m000/s1. The van der Waals surface area contributed by atoms with Crippen LogP contribution in [0.4, 0.5) is 17.8 Å². The monoisotopic (exact) mass is 1420 g/mol. The van der Waals surface area contributed by atoms with Crippen molar-refractivity contribution in [2.45, 2.75) is 202 Å². The summed E-state index contributed by atoms with van der Waals surface area (Å²) in [7, 11) is 2.77. The molecule has 27 nitrogen and oxygen atoms in total. The van der Waals surface area contributed by atoms with Gasteiger partial charge in [0.1, 0.15) is 0 Å². The van der Waals surface area contributed by atoms with E-state index in [-0.39, 0.29) is 48.6 Å². The molecule has 11 heterocycles. The van der Waals surface area contributed by atoms with Crippen LogP contribution in [-0.4, -0.2) is 208 Å². The lowest BCUT2D eigenvalue weighted by molar-refractivity contribution is -0.0610. The predicted octanol–water partition coefficient (Wildman–Crippen LogP) is 9.51. The molecule has 0 bridgehead atoms. The first-order chi connectivity index (χ1) is 49.4. The molecule has 3 saturated carbocycles. The lowest BCUT2D eigenvalue weighted by Crippen LogP contribution is -2.31. The Labute approximate surface area is 595 Å². The highest BCUT2D eigenvalue weighted by molar-refractivity contribution is 7.99. The van der Waals surface area contributed by atoms with Gasteiger partial charge in [0.05, 0.1) is 124 Å². The topological polar surface area (TPSA) is 304 Å². The summed E-state index contributed by atoms with van der Waals surface area (Å²) < 4.78 is 51.1. The molecule has 0 radical (unpaired) electrons. The highest BCUT2D eigenvalue weighted by atomic mass is 32.2. The van der Waals surface area contributed by atoms with Crippen molar-refractivity contribution in [2.75, 3.05) is 76.6 Å². The number of hydrogen-bond acceptors (Lipinski definition) is 21. The number of aliphatic hydroxyl groups is 3. The summed E-state index contributed by atoms with van der Waals surface area (Å²) >= 11 is 0. The lowest BCUT2D eigenvalue weighted by Gasteiger charge is -2.25. The molecule has 2 aliphatic heterocycles. The number of aromatic nitrogens is 15. The molecule has 6 N–H and O–H groups in total. The molecule has 9 aromatic heterocycles. The molecule has 5 aliphatic rings. The first-order valence-electron chi connectivity index (χ1n) is 36.1. The second-order valence-electron chi connectivity index (χ2n) is 28.6. The van der Waals surface area contributed by atoms with E-state index in [1.54, 1.807) is 27.6 Å². The van der Waals surface area contributed by atoms with Crippen molar-refractivity contribution in [3.8, 4) is 33.4 Å². The van der Waals surface area contributed by atoms with E-state index in [0.717, 1.165) is 182 Å². The van der Waals surface area contributed by atoms with Crippen LogP contribution in [0.5, 0.6) is 0 Å². The number of aliphatic hydroxyl groups excluding tert-OH is 3. The summed E-state index contributed by atoms with van der Waals surface area (Å²) in [5.41, 5.74) is 13.6. The van der Waals surface area contributed by atoms with Crippen LogP contribution in [0.1, 0.15) is 151 Å². The summed E-state index contributed by atoms with van der Waals surface area (Å²) in [6.07, 6.45) is 31.8. The van der Waals surface area contributed by atoms with Gasteiger partial charge in [-0.15, -0.1) is 15.3 Å². The zero-order chi connectivity index (χ0) is 71.0. The molecule has 5 fully saturated rings. The molecule has 3 aliphatic carbocycles. The minimum Gasteiger partial charge on any atom is -0.393 e. The maximum Gasteiger partial charge on any atom is 0.241 e. The van der Waals surface area contributed by atoms with Gasteiger partial charge in [-0.05, 0) is 162 Å². The third-order valence-electron chi connectivity index (χ3n) is 20.3. The molecule has 6 atom stereocenters. The number of nitrogens with zero attached hydrogens (tertiary/aromatic N) is 15. The second-order valence-corrected chi connectivity index (χ2v) is 31.1. The Morgan fingerprint density at radius 2 is 0.853 bits per heavy atom. The van der Waals surface area contributed by atoms with Gasteiger partial charge >= 0.3 is 0 Å². The number of benzene rings is 1. The fourth-order valence-electron chi connectivity index (χ4n) is 14.6. The van der Waals surface area contributed by atoms with Crippen LogP contribution >= 0.6 is 0 Å². The van der Waals surface area contributed by atoms with Crippen LogP contribution < -0.4 is 16.0 Å². The second kappa shape index (κ2) is 32.6. The van der Waals surface area contributed by atoms with Gasteiger partial charge in [0.2, 0.25) is 17.8 Å². The molecule has 1 unspecified atom stereocenters. The Morgan fingerprint density at radius 1 is 0.510 bits per heavy atom. The quantitative estimate of drug-likeness (QED) is 0.0290. The first-order valence-corrected chi connectivity index (χ1v) is 38.2. The lowest BCUT2D eigenvalue weighted by atomic mass is 9.85. The smallest absolute Gasteiger partial charge is 0.241 e. The highest BCUT2D eigenvalue weighted by Crippen LogP contribution is 2.41. The van der Waals surface area contributed by atoms with Crippen LogP contribution in [-0.2, 0) is 52.8 Å². The predicted molar refractivity (Wildman–Crippen MR) is 393 cm³/mol. The minimum atomic E-state index is -2.28. The Morgan fingerprint density at radius 3 is 1.18 bits per heavy atom. The average molecular weight is 1420 g/mol. The maximum atomic E-state index is 12.4. The molecule has 102 heavy (non-hydrogen) atoms. The van der Waals surface area contributed by atoms with Crippen LogP contribution in [0.2, 0.25) is 0 Å². The van der Waals surface area contributed by atoms with Gasteiger partial charge in [-0.3, -0.25) is 18.3 Å². The molecular formula is C74H100N18O9S. The summed E-state index contributed by atoms with van der Waals surface area (Å²) in [6, 6.07) is 14.7. The average Bonchev–Trinajstić information content (AvgIpc) is 1.63. The van der Waals surface area contributed by atoms with Gasteiger partial charge in [-0.25, -0.2) is 28.5 Å². The zero-order valence-corrected chi connectivity index (χ0v) is 60.6. The van der Waals surface area contributed by atoms with Gasteiger partial charge in [-0.1, -0.05) is 12.1 Å². The molecule has 0 amide bonds. The van der Waals surface area contributed by atoms with E-state index in [2.05, 4.69) is 82.7 Å². The Hall–Kier alpha value is -8.19. The van der Waals surface area contributed by atoms with Gasteiger partial charge in [0, 0.05) is 151 Å². The van der Waals surface area contributed by atoms with Crippen LogP contribution in [0.3, 0.4) is 0 Å². The Balaban J connectivity index is 0.000000137. The molecule has 1 aromatic carbocycles. The van der Waals surface area contributed by atoms with Crippen molar-refractivity contribution in [2.24, 2.45) is 0 Å². The third-order valence-corrected chi connectivity index (χ3v) is 21.5. The third kappa shape index (κ3) is 17.4. The largest absolute Gasteiger partial charge is 0.393 e. The summed E-state index contributed by atoms with van der Waals surface area (Å²) in [4.78, 5) is 14.5. The van der Waals surface area contributed by atoms with Crippen LogP contribution in [0, 0.1) is 0 Å². The minimum absolute atomic E-state index is 0.0714. The van der Waals surface area contributed by atoms with Gasteiger partial charge in [0.25, 0.3) is 0 Å². The summed E-state index contributed by atoms with van der Waals surface area (Å²) in [5.74, 6) is 6.55. The van der Waals surface area contributed by atoms with E-state index >= 15 is 0 Å². The van der Waals surface area contributed by atoms with Gasteiger partial charge in [0.15, 0.2) is 0 Å². The number of hydrogen-bond donors (Lipinski definition) is 6. The molecule has 15 rings (SSSR count). The van der Waals surface area contributed by atoms with E-state index in [1.807, 2.05) is 116 Å². The first kappa shape index (κ1) is 72.2. The van der Waals surface area contributed by atoms with E-state index in [9.17, 15) is 19.5 Å². The molecule has 546 valence electrons. The van der Waals surface area contributed by atoms with Crippen LogP contribution in [0.15, 0.2) is 103 Å². The Kier molecular flexibility index (Phi) is 23.1.